The summed E-state index contributed by atoms with van der Waals surface area (Å²) < 4.78 is 0. The van der Waals surface area contributed by atoms with Crippen LogP contribution in [0.2, 0.25) is 10.0 Å². The quantitative estimate of drug-likeness (QED) is 0.838. The molecule has 0 radical (unpaired) electrons. The van der Waals surface area contributed by atoms with Crippen molar-refractivity contribution in [1.82, 2.24) is 10.2 Å². The molecule has 0 unspecified atom stereocenters. The van der Waals surface area contributed by atoms with Gasteiger partial charge in [-0.2, -0.15) is 0 Å². The monoisotopic (exact) mass is 274 g/mol. The van der Waals surface area contributed by atoms with Gasteiger partial charge in [-0.3, -0.25) is 4.79 Å². The highest BCUT2D eigenvalue weighted by Crippen LogP contribution is 2.26. The molecule has 1 aromatic rings. The molecule has 0 bridgehead atoms. The van der Waals surface area contributed by atoms with Crippen LogP contribution in [0.5, 0.6) is 0 Å². The number of benzene rings is 1. The predicted molar refractivity (Wildman–Crippen MR) is 72.0 cm³/mol. The molecule has 0 aliphatic rings. The molecule has 1 amide bonds. The van der Waals surface area contributed by atoms with Crippen molar-refractivity contribution in [2.45, 2.75) is 6.42 Å². The van der Waals surface area contributed by atoms with Crippen LogP contribution >= 0.6 is 23.2 Å². The van der Waals surface area contributed by atoms with Crippen molar-refractivity contribution >= 4 is 29.1 Å². The number of hydrogen-bond donors (Lipinski definition) is 1. The summed E-state index contributed by atoms with van der Waals surface area (Å²) in [6.07, 6.45) is 0.900. The van der Waals surface area contributed by atoms with E-state index in [1.165, 1.54) is 0 Å². The second kappa shape index (κ2) is 6.84. The minimum atomic E-state index is -0.103. The van der Waals surface area contributed by atoms with Gasteiger partial charge in [-0.25, -0.2) is 0 Å². The average molecular weight is 275 g/mol. The molecule has 0 atom stereocenters. The highest BCUT2D eigenvalue weighted by Gasteiger charge is 2.16. The molecule has 0 saturated heterocycles. The molecule has 1 N–H and O–H groups in total. The van der Waals surface area contributed by atoms with Crippen molar-refractivity contribution in [3.63, 3.8) is 0 Å². The van der Waals surface area contributed by atoms with Crippen LogP contribution in [-0.4, -0.2) is 38.0 Å². The summed E-state index contributed by atoms with van der Waals surface area (Å²) in [5.74, 6) is -0.103. The molecule has 0 heterocycles. The Morgan fingerprint density at radius 1 is 1.41 bits per heavy atom. The van der Waals surface area contributed by atoms with Crippen molar-refractivity contribution in [2.24, 2.45) is 0 Å². The van der Waals surface area contributed by atoms with E-state index in [2.05, 4.69) is 5.32 Å². The Labute approximate surface area is 112 Å². The van der Waals surface area contributed by atoms with Gasteiger partial charge >= 0.3 is 0 Å². The van der Waals surface area contributed by atoms with Crippen molar-refractivity contribution in [1.29, 1.82) is 0 Å². The molecule has 1 aromatic carbocycles. The molecule has 17 heavy (non-hydrogen) atoms. The third-order valence-corrected chi connectivity index (χ3v) is 3.27. The van der Waals surface area contributed by atoms with E-state index < -0.39 is 0 Å². The van der Waals surface area contributed by atoms with Gasteiger partial charge in [0.2, 0.25) is 0 Å². The average Bonchev–Trinajstić information content (AvgIpc) is 2.32. The van der Waals surface area contributed by atoms with Gasteiger partial charge in [0.25, 0.3) is 5.91 Å². The topological polar surface area (TPSA) is 32.3 Å². The Morgan fingerprint density at radius 2 is 2.12 bits per heavy atom. The van der Waals surface area contributed by atoms with E-state index in [0.717, 1.165) is 13.0 Å². The molecule has 0 aliphatic heterocycles. The highest BCUT2D eigenvalue weighted by atomic mass is 35.5. The van der Waals surface area contributed by atoms with Crippen molar-refractivity contribution in [3.05, 3.63) is 33.8 Å². The van der Waals surface area contributed by atoms with Crippen LogP contribution in [0.1, 0.15) is 16.8 Å². The molecule has 1 rings (SSSR count). The first kappa shape index (κ1) is 14.3. The molecule has 0 aromatic heterocycles. The standard InChI is InChI=1S/C12H16Cl2N2O/c1-15-7-4-8-16(2)12(17)9-5-3-6-10(13)11(9)14/h3,5-6,15H,4,7-8H2,1-2H3. The summed E-state index contributed by atoms with van der Waals surface area (Å²) in [6.45, 7) is 1.56. The number of nitrogens with one attached hydrogen (secondary N) is 1. The van der Waals surface area contributed by atoms with E-state index in [9.17, 15) is 4.79 Å². The Kier molecular flexibility index (Phi) is 5.75. The first-order valence-corrected chi connectivity index (χ1v) is 6.17. The number of amides is 1. The fourth-order valence-corrected chi connectivity index (χ4v) is 1.85. The number of carbonyl (C=O) groups excluding carboxylic acids is 1. The van der Waals surface area contributed by atoms with Gasteiger partial charge in [-0.1, -0.05) is 29.3 Å². The molecular formula is C12H16Cl2N2O. The van der Waals surface area contributed by atoms with E-state index in [1.54, 1.807) is 30.1 Å². The number of halogens is 2. The van der Waals surface area contributed by atoms with Gasteiger partial charge in [0.1, 0.15) is 0 Å². The lowest BCUT2D eigenvalue weighted by Gasteiger charge is -2.18. The van der Waals surface area contributed by atoms with Gasteiger partial charge in [-0.15, -0.1) is 0 Å². The lowest BCUT2D eigenvalue weighted by atomic mass is 10.2. The number of nitrogens with zero attached hydrogens (tertiary/aromatic N) is 1. The molecule has 0 aliphatic carbocycles. The van der Waals surface area contributed by atoms with Crippen molar-refractivity contribution in [2.75, 3.05) is 27.2 Å². The lowest BCUT2D eigenvalue weighted by Crippen LogP contribution is -2.29. The zero-order valence-corrected chi connectivity index (χ0v) is 11.5. The minimum absolute atomic E-state index is 0.103. The van der Waals surface area contributed by atoms with Crippen LogP contribution in [0.3, 0.4) is 0 Å². The van der Waals surface area contributed by atoms with Gasteiger partial charge in [0.15, 0.2) is 0 Å². The maximum Gasteiger partial charge on any atom is 0.255 e. The van der Waals surface area contributed by atoms with Gasteiger partial charge < -0.3 is 10.2 Å². The van der Waals surface area contributed by atoms with E-state index in [-0.39, 0.29) is 5.91 Å². The van der Waals surface area contributed by atoms with E-state index in [1.807, 2.05) is 7.05 Å². The van der Waals surface area contributed by atoms with Gasteiger partial charge in [0.05, 0.1) is 15.6 Å². The second-order valence-electron chi connectivity index (χ2n) is 3.79. The maximum atomic E-state index is 12.1. The summed E-state index contributed by atoms with van der Waals surface area (Å²) in [5, 5.41) is 3.76. The maximum absolute atomic E-state index is 12.1. The van der Waals surface area contributed by atoms with Crippen LogP contribution in [0.25, 0.3) is 0 Å². The third-order valence-electron chi connectivity index (χ3n) is 2.45. The minimum Gasteiger partial charge on any atom is -0.342 e. The summed E-state index contributed by atoms with van der Waals surface area (Å²) in [5.41, 5.74) is 0.450. The predicted octanol–water partition coefficient (Wildman–Crippen LogP) is 2.67. The van der Waals surface area contributed by atoms with E-state index >= 15 is 0 Å². The normalized spacial score (nSPS) is 10.4. The first-order valence-electron chi connectivity index (χ1n) is 5.42. The number of carbonyl (C=O) groups is 1. The molecule has 5 heteroatoms. The van der Waals surface area contributed by atoms with Crippen molar-refractivity contribution in [3.8, 4) is 0 Å². The van der Waals surface area contributed by atoms with Crippen LogP contribution in [0, 0.1) is 0 Å². The molecule has 94 valence electrons. The van der Waals surface area contributed by atoms with E-state index in [4.69, 9.17) is 23.2 Å². The Hall–Kier alpha value is -0.770. The fraction of sp³-hybridized carbons (Fsp3) is 0.417. The van der Waals surface area contributed by atoms with Gasteiger partial charge in [-0.05, 0) is 32.1 Å². The van der Waals surface area contributed by atoms with Crippen molar-refractivity contribution < 1.29 is 4.79 Å². The molecule has 3 nitrogen and oxygen atoms in total. The highest BCUT2D eigenvalue weighted by molar-refractivity contribution is 6.43. The second-order valence-corrected chi connectivity index (χ2v) is 4.57. The largest absolute Gasteiger partial charge is 0.342 e. The Balaban J connectivity index is 2.71. The number of hydrogen-bond acceptors (Lipinski definition) is 2. The Bertz CT molecular complexity index is 396. The van der Waals surface area contributed by atoms with Gasteiger partial charge in [0, 0.05) is 13.6 Å². The Morgan fingerprint density at radius 3 is 2.76 bits per heavy atom. The van der Waals surface area contributed by atoms with Crippen LogP contribution in [0.15, 0.2) is 18.2 Å². The molecular weight excluding hydrogens is 259 g/mol. The first-order chi connectivity index (χ1) is 8.07. The van der Waals surface area contributed by atoms with E-state index in [0.29, 0.717) is 22.2 Å². The molecule has 0 spiro atoms. The molecule has 0 fully saturated rings. The van der Waals surface area contributed by atoms with Crippen LogP contribution in [0.4, 0.5) is 0 Å². The lowest BCUT2D eigenvalue weighted by molar-refractivity contribution is 0.0794. The smallest absolute Gasteiger partial charge is 0.255 e. The summed E-state index contributed by atoms with van der Waals surface area (Å²) in [6, 6.07) is 5.08. The summed E-state index contributed by atoms with van der Waals surface area (Å²) in [4.78, 5) is 13.7. The SMILES string of the molecule is CNCCCN(C)C(=O)c1cccc(Cl)c1Cl. The van der Waals surface area contributed by atoms with Crippen LogP contribution < -0.4 is 5.32 Å². The third kappa shape index (κ3) is 3.87. The zero-order chi connectivity index (χ0) is 12.8. The number of rotatable bonds is 5. The fourth-order valence-electron chi connectivity index (χ4n) is 1.47. The summed E-state index contributed by atoms with van der Waals surface area (Å²) in [7, 11) is 3.64. The molecule has 0 saturated carbocycles. The zero-order valence-electron chi connectivity index (χ0n) is 9.96. The van der Waals surface area contributed by atoms with Crippen LogP contribution in [-0.2, 0) is 0 Å². The summed E-state index contributed by atoms with van der Waals surface area (Å²) >= 11 is 11.9.